The van der Waals surface area contributed by atoms with Crippen molar-refractivity contribution >= 4 is 17.6 Å². The first-order chi connectivity index (χ1) is 13.7. The molecule has 1 saturated heterocycles. The summed E-state index contributed by atoms with van der Waals surface area (Å²) in [5, 5.41) is 11.5. The topological polar surface area (TPSA) is 78.6 Å². The van der Waals surface area contributed by atoms with Gasteiger partial charge in [0.15, 0.2) is 5.96 Å². The Balaban J connectivity index is 1.43. The van der Waals surface area contributed by atoms with Crippen LogP contribution >= 0.6 is 11.6 Å². The SMILES string of the molecule is C=CCN1CCC(NC(=NC)NCCc2nc(-c3cccc(Cl)c3)no2)CC1. The van der Waals surface area contributed by atoms with Gasteiger partial charge in [-0.25, -0.2) is 0 Å². The lowest BCUT2D eigenvalue weighted by Crippen LogP contribution is -2.49. The molecule has 7 nitrogen and oxygen atoms in total. The number of nitrogens with one attached hydrogen (secondary N) is 2. The van der Waals surface area contributed by atoms with Gasteiger partial charge in [-0.3, -0.25) is 9.89 Å². The Hall–Kier alpha value is -2.38. The minimum Gasteiger partial charge on any atom is -0.356 e. The average molecular weight is 403 g/mol. The Kier molecular flexibility index (Phi) is 7.45. The van der Waals surface area contributed by atoms with Crippen molar-refractivity contribution in [3.8, 4) is 11.4 Å². The third-order valence-corrected chi connectivity index (χ3v) is 4.96. The van der Waals surface area contributed by atoms with Crippen LogP contribution in [0.15, 0.2) is 46.4 Å². The maximum Gasteiger partial charge on any atom is 0.228 e. The molecule has 1 aromatic heterocycles. The number of aliphatic imine (C=N–C) groups is 1. The molecular weight excluding hydrogens is 376 g/mol. The number of hydrogen-bond acceptors (Lipinski definition) is 5. The van der Waals surface area contributed by atoms with Crippen LogP contribution < -0.4 is 10.6 Å². The van der Waals surface area contributed by atoms with E-state index in [9.17, 15) is 0 Å². The highest BCUT2D eigenvalue weighted by molar-refractivity contribution is 6.30. The largest absolute Gasteiger partial charge is 0.356 e. The van der Waals surface area contributed by atoms with Crippen molar-refractivity contribution in [2.75, 3.05) is 33.2 Å². The van der Waals surface area contributed by atoms with Crippen LogP contribution in [-0.2, 0) is 6.42 Å². The highest BCUT2D eigenvalue weighted by Crippen LogP contribution is 2.19. The first-order valence-electron chi connectivity index (χ1n) is 9.57. The lowest BCUT2D eigenvalue weighted by Gasteiger charge is -2.32. The highest BCUT2D eigenvalue weighted by atomic mass is 35.5. The summed E-state index contributed by atoms with van der Waals surface area (Å²) in [5.74, 6) is 1.93. The van der Waals surface area contributed by atoms with Crippen LogP contribution in [0.4, 0.5) is 0 Å². The van der Waals surface area contributed by atoms with Gasteiger partial charge in [0.2, 0.25) is 11.7 Å². The van der Waals surface area contributed by atoms with Crippen molar-refractivity contribution in [1.82, 2.24) is 25.7 Å². The Morgan fingerprint density at radius 2 is 2.25 bits per heavy atom. The fourth-order valence-electron chi connectivity index (χ4n) is 3.22. The third-order valence-electron chi connectivity index (χ3n) is 4.72. The van der Waals surface area contributed by atoms with E-state index in [0.717, 1.165) is 44.0 Å². The number of likely N-dealkylation sites (tertiary alicyclic amines) is 1. The summed E-state index contributed by atoms with van der Waals surface area (Å²) in [5.41, 5.74) is 0.843. The van der Waals surface area contributed by atoms with Crippen molar-refractivity contribution in [2.45, 2.75) is 25.3 Å². The van der Waals surface area contributed by atoms with Gasteiger partial charge in [0.05, 0.1) is 0 Å². The van der Waals surface area contributed by atoms with E-state index in [0.29, 0.717) is 35.7 Å². The van der Waals surface area contributed by atoms with Crippen LogP contribution in [0, 0.1) is 0 Å². The van der Waals surface area contributed by atoms with Gasteiger partial charge < -0.3 is 15.2 Å². The molecule has 28 heavy (non-hydrogen) atoms. The van der Waals surface area contributed by atoms with Gasteiger partial charge in [-0.05, 0) is 25.0 Å². The molecule has 1 aliphatic rings. The van der Waals surface area contributed by atoms with Gasteiger partial charge in [-0.1, -0.05) is 35.0 Å². The maximum absolute atomic E-state index is 6.02. The second-order valence-electron chi connectivity index (χ2n) is 6.78. The molecule has 0 unspecified atom stereocenters. The van der Waals surface area contributed by atoms with Crippen molar-refractivity contribution in [3.63, 3.8) is 0 Å². The molecule has 2 aromatic rings. The number of benzene rings is 1. The number of hydrogen-bond donors (Lipinski definition) is 2. The van der Waals surface area contributed by atoms with Gasteiger partial charge in [-0.2, -0.15) is 4.98 Å². The molecular formula is C20H27ClN6O. The van der Waals surface area contributed by atoms with Crippen LogP contribution in [0.3, 0.4) is 0 Å². The van der Waals surface area contributed by atoms with E-state index in [-0.39, 0.29) is 0 Å². The maximum atomic E-state index is 6.02. The molecule has 0 radical (unpaired) electrons. The zero-order chi connectivity index (χ0) is 19.8. The second-order valence-corrected chi connectivity index (χ2v) is 7.22. The van der Waals surface area contributed by atoms with Crippen LogP contribution in [0.25, 0.3) is 11.4 Å². The zero-order valence-corrected chi connectivity index (χ0v) is 17.0. The van der Waals surface area contributed by atoms with Crippen molar-refractivity contribution in [1.29, 1.82) is 0 Å². The van der Waals surface area contributed by atoms with E-state index in [1.807, 2.05) is 30.3 Å². The van der Waals surface area contributed by atoms with E-state index in [1.54, 1.807) is 7.05 Å². The molecule has 0 bridgehead atoms. The first kappa shape index (κ1) is 20.4. The lowest BCUT2D eigenvalue weighted by atomic mass is 10.1. The van der Waals surface area contributed by atoms with E-state index in [4.69, 9.17) is 16.1 Å². The average Bonchev–Trinajstić information content (AvgIpc) is 3.18. The summed E-state index contributed by atoms with van der Waals surface area (Å²) in [6, 6.07) is 7.85. The summed E-state index contributed by atoms with van der Waals surface area (Å²) in [6.45, 7) is 7.58. The number of rotatable bonds is 7. The standard InChI is InChI=1S/C20H27ClN6O/c1-3-11-27-12-8-17(9-13-27)24-20(22-2)23-10-7-18-25-19(26-28-18)15-5-4-6-16(21)14-15/h3-6,14,17H,1,7-13H2,2H3,(H2,22,23,24). The van der Waals surface area contributed by atoms with Crippen LogP contribution in [0.2, 0.25) is 5.02 Å². The predicted octanol–water partition coefficient (Wildman–Crippen LogP) is 2.75. The lowest BCUT2D eigenvalue weighted by molar-refractivity contribution is 0.225. The van der Waals surface area contributed by atoms with E-state index in [1.165, 1.54) is 0 Å². The minimum absolute atomic E-state index is 0.435. The number of nitrogens with zero attached hydrogens (tertiary/aromatic N) is 4. The Morgan fingerprint density at radius 1 is 1.43 bits per heavy atom. The molecule has 0 atom stereocenters. The van der Waals surface area contributed by atoms with E-state index < -0.39 is 0 Å². The summed E-state index contributed by atoms with van der Waals surface area (Å²) < 4.78 is 5.34. The molecule has 0 spiro atoms. The van der Waals surface area contributed by atoms with Crippen molar-refractivity contribution < 1.29 is 4.52 Å². The first-order valence-corrected chi connectivity index (χ1v) is 9.94. The minimum atomic E-state index is 0.435. The second kappa shape index (κ2) is 10.2. The van der Waals surface area contributed by atoms with Crippen LogP contribution in [0.5, 0.6) is 0 Å². The molecule has 1 aromatic carbocycles. The van der Waals surface area contributed by atoms with Crippen molar-refractivity contribution in [2.24, 2.45) is 4.99 Å². The molecule has 2 N–H and O–H groups in total. The van der Waals surface area contributed by atoms with Gasteiger partial charge in [0.25, 0.3) is 0 Å². The fourth-order valence-corrected chi connectivity index (χ4v) is 3.41. The normalized spacial score (nSPS) is 16.1. The number of aromatic nitrogens is 2. The summed E-state index contributed by atoms with van der Waals surface area (Å²) in [6.07, 6.45) is 4.78. The van der Waals surface area contributed by atoms with Gasteiger partial charge in [0, 0.05) is 56.3 Å². The summed E-state index contributed by atoms with van der Waals surface area (Å²) in [4.78, 5) is 11.2. The molecule has 150 valence electrons. The summed E-state index contributed by atoms with van der Waals surface area (Å²) in [7, 11) is 1.78. The molecule has 1 aliphatic heterocycles. The molecule has 8 heteroatoms. The quantitative estimate of drug-likeness (QED) is 0.421. The fraction of sp³-hybridized carbons (Fsp3) is 0.450. The predicted molar refractivity (Wildman–Crippen MR) is 113 cm³/mol. The Bertz CT molecular complexity index is 797. The summed E-state index contributed by atoms with van der Waals surface area (Å²) >= 11 is 6.02. The van der Waals surface area contributed by atoms with Crippen molar-refractivity contribution in [3.05, 3.63) is 47.8 Å². The van der Waals surface area contributed by atoms with E-state index in [2.05, 4.69) is 37.2 Å². The number of halogens is 1. The van der Waals surface area contributed by atoms with Crippen LogP contribution in [0.1, 0.15) is 18.7 Å². The third kappa shape index (κ3) is 5.81. The smallest absolute Gasteiger partial charge is 0.228 e. The molecule has 3 rings (SSSR count). The monoisotopic (exact) mass is 402 g/mol. The number of piperidine rings is 1. The van der Waals surface area contributed by atoms with E-state index >= 15 is 0 Å². The van der Waals surface area contributed by atoms with Crippen LogP contribution in [-0.4, -0.2) is 60.3 Å². The molecule has 0 aliphatic carbocycles. The van der Waals surface area contributed by atoms with Gasteiger partial charge in [0.1, 0.15) is 0 Å². The Labute approximate surface area is 170 Å². The Morgan fingerprint density at radius 3 is 2.96 bits per heavy atom. The number of guanidine groups is 1. The molecule has 2 heterocycles. The van der Waals surface area contributed by atoms with Gasteiger partial charge >= 0.3 is 0 Å². The zero-order valence-electron chi connectivity index (χ0n) is 16.2. The molecule has 0 saturated carbocycles. The molecule has 1 fully saturated rings. The highest BCUT2D eigenvalue weighted by Gasteiger charge is 2.19. The van der Waals surface area contributed by atoms with Gasteiger partial charge in [-0.15, -0.1) is 6.58 Å². The molecule has 0 amide bonds.